The molecule has 1 aromatic heterocycles. The first kappa shape index (κ1) is 24.5. The van der Waals surface area contributed by atoms with Gasteiger partial charge in [-0.3, -0.25) is 14.2 Å². The zero-order valence-electron chi connectivity index (χ0n) is 19.9. The van der Waals surface area contributed by atoms with E-state index in [0.29, 0.717) is 46.3 Å². The molecule has 0 radical (unpaired) electrons. The van der Waals surface area contributed by atoms with E-state index < -0.39 is 6.09 Å². The van der Waals surface area contributed by atoms with Gasteiger partial charge >= 0.3 is 6.09 Å². The van der Waals surface area contributed by atoms with Crippen LogP contribution in [0.15, 0.2) is 47.3 Å². The van der Waals surface area contributed by atoms with Crippen molar-refractivity contribution in [1.29, 1.82) is 0 Å². The largest absolute Gasteiger partial charge is 0.450 e. The van der Waals surface area contributed by atoms with Crippen molar-refractivity contribution in [2.75, 3.05) is 18.5 Å². The summed E-state index contributed by atoms with van der Waals surface area (Å²) >= 11 is 6.18. The van der Waals surface area contributed by atoms with Gasteiger partial charge in [-0.2, -0.15) is 0 Å². The molecule has 2 heterocycles. The standard InChI is InChI=1S/C26H27ClN4O4/c1-4-35-26(34)30-12-11-20-22(14-30)29-24(18-8-5-16(2)6-9-18)31(25(20)33)15-23(32)28-19-10-7-17(3)21(27)13-19/h5-10,13H,4,11-12,14-15H2,1-3H3,(H,28,32). The Morgan fingerprint density at radius 2 is 1.89 bits per heavy atom. The number of fused-ring (bicyclic) bond motifs is 1. The number of nitrogens with zero attached hydrogens (tertiary/aromatic N) is 3. The highest BCUT2D eigenvalue weighted by Crippen LogP contribution is 2.23. The summed E-state index contributed by atoms with van der Waals surface area (Å²) in [5.41, 5.74) is 3.95. The Morgan fingerprint density at radius 3 is 2.57 bits per heavy atom. The van der Waals surface area contributed by atoms with Gasteiger partial charge in [0.2, 0.25) is 5.91 Å². The molecule has 0 saturated carbocycles. The van der Waals surface area contributed by atoms with Crippen molar-refractivity contribution in [3.63, 3.8) is 0 Å². The monoisotopic (exact) mass is 494 g/mol. The topological polar surface area (TPSA) is 93.5 Å². The molecule has 0 unspecified atom stereocenters. The minimum absolute atomic E-state index is 0.178. The molecule has 1 aliphatic rings. The molecular weight excluding hydrogens is 468 g/mol. The number of halogens is 1. The van der Waals surface area contributed by atoms with Crippen molar-refractivity contribution in [3.8, 4) is 11.4 Å². The van der Waals surface area contributed by atoms with Crippen LogP contribution in [0.3, 0.4) is 0 Å². The third-order valence-electron chi connectivity index (χ3n) is 5.91. The van der Waals surface area contributed by atoms with Gasteiger partial charge in [-0.15, -0.1) is 0 Å². The second kappa shape index (κ2) is 10.3. The van der Waals surface area contributed by atoms with Crippen LogP contribution in [0.25, 0.3) is 11.4 Å². The van der Waals surface area contributed by atoms with E-state index in [1.807, 2.05) is 44.2 Å². The van der Waals surface area contributed by atoms with Crippen LogP contribution in [0.4, 0.5) is 10.5 Å². The number of nitrogens with one attached hydrogen (secondary N) is 1. The van der Waals surface area contributed by atoms with Crippen LogP contribution in [0.5, 0.6) is 0 Å². The van der Waals surface area contributed by atoms with Gasteiger partial charge in [0.05, 0.1) is 18.8 Å². The normalized spacial score (nSPS) is 12.7. The molecule has 2 amide bonds. The van der Waals surface area contributed by atoms with Gasteiger partial charge in [-0.1, -0.05) is 47.5 Å². The van der Waals surface area contributed by atoms with Gasteiger partial charge in [0.25, 0.3) is 5.56 Å². The summed E-state index contributed by atoms with van der Waals surface area (Å²) in [7, 11) is 0. The molecule has 3 aromatic rings. The summed E-state index contributed by atoms with van der Waals surface area (Å²) in [5, 5.41) is 3.35. The fourth-order valence-corrected chi connectivity index (χ4v) is 4.16. The Bertz CT molecular complexity index is 1330. The lowest BCUT2D eigenvalue weighted by molar-refractivity contribution is -0.116. The lowest BCUT2D eigenvalue weighted by Crippen LogP contribution is -2.42. The molecule has 2 aromatic carbocycles. The van der Waals surface area contributed by atoms with Gasteiger partial charge in [0, 0.05) is 28.4 Å². The second-order valence-electron chi connectivity index (χ2n) is 8.50. The number of hydrogen-bond donors (Lipinski definition) is 1. The van der Waals surface area contributed by atoms with Crippen molar-refractivity contribution in [2.45, 2.75) is 40.3 Å². The molecule has 4 rings (SSSR count). The van der Waals surface area contributed by atoms with Crippen LogP contribution in [-0.4, -0.2) is 39.6 Å². The maximum absolute atomic E-state index is 13.6. The Balaban J connectivity index is 1.71. The van der Waals surface area contributed by atoms with E-state index in [-0.39, 0.29) is 31.2 Å². The van der Waals surface area contributed by atoms with E-state index >= 15 is 0 Å². The Hall–Kier alpha value is -3.65. The average Bonchev–Trinajstić information content (AvgIpc) is 2.83. The van der Waals surface area contributed by atoms with Gasteiger partial charge in [0.1, 0.15) is 12.4 Å². The number of aromatic nitrogens is 2. The SMILES string of the molecule is CCOC(=O)N1CCc2c(nc(-c3ccc(C)cc3)n(CC(=O)Nc3ccc(C)c(Cl)c3)c2=O)C1. The molecule has 8 nitrogen and oxygen atoms in total. The zero-order valence-corrected chi connectivity index (χ0v) is 20.7. The Morgan fingerprint density at radius 1 is 1.14 bits per heavy atom. The highest BCUT2D eigenvalue weighted by molar-refractivity contribution is 6.31. The molecular formula is C26H27ClN4O4. The summed E-state index contributed by atoms with van der Waals surface area (Å²) in [4.78, 5) is 45.0. The number of hydrogen-bond acceptors (Lipinski definition) is 5. The molecule has 35 heavy (non-hydrogen) atoms. The lowest BCUT2D eigenvalue weighted by atomic mass is 10.1. The maximum atomic E-state index is 13.6. The molecule has 9 heteroatoms. The minimum atomic E-state index is -0.433. The van der Waals surface area contributed by atoms with Gasteiger partial charge < -0.3 is 15.0 Å². The van der Waals surface area contributed by atoms with E-state index in [1.165, 1.54) is 9.47 Å². The van der Waals surface area contributed by atoms with Crippen LogP contribution in [0.2, 0.25) is 5.02 Å². The summed E-state index contributed by atoms with van der Waals surface area (Å²) in [5.74, 6) is 0.00244. The highest BCUT2D eigenvalue weighted by atomic mass is 35.5. The van der Waals surface area contributed by atoms with E-state index in [9.17, 15) is 14.4 Å². The third kappa shape index (κ3) is 5.38. The van der Waals surface area contributed by atoms with Crippen molar-refractivity contribution >= 4 is 29.3 Å². The van der Waals surface area contributed by atoms with Gasteiger partial charge in [-0.05, 0) is 44.9 Å². The number of ether oxygens (including phenoxy) is 1. The first-order valence-corrected chi connectivity index (χ1v) is 11.8. The Kier molecular flexibility index (Phi) is 7.21. The second-order valence-corrected chi connectivity index (χ2v) is 8.91. The van der Waals surface area contributed by atoms with Crippen LogP contribution in [0, 0.1) is 13.8 Å². The fraction of sp³-hybridized carbons (Fsp3) is 0.308. The summed E-state index contributed by atoms with van der Waals surface area (Å²) in [6.07, 6.45) is -0.0965. The number of benzene rings is 2. The fourth-order valence-electron chi connectivity index (χ4n) is 3.98. The van der Waals surface area contributed by atoms with Crippen LogP contribution in [0.1, 0.15) is 29.3 Å². The quantitative estimate of drug-likeness (QED) is 0.569. The number of carbonyl (C=O) groups is 2. The molecule has 0 saturated heterocycles. The molecule has 0 atom stereocenters. The zero-order chi connectivity index (χ0) is 25.1. The molecule has 0 bridgehead atoms. The Labute approximate surface area is 208 Å². The molecule has 0 aliphatic carbocycles. The van der Waals surface area contributed by atoms with E-state index in [4.69, 9.17) is 21.3 Å². The summed E-state index contributed by atoms with van der Waals surface area (Å²) in [6, 6.07) is 12.8. The number of rotatable bonds is 5. The first-order valence-electron chi connectivity index (χ1n) is 11.4. The maximum Gasteiger partial charge on any atom is 0.410 e. The van der Waals surface area contributed by atoms with Crippen LogP contribution < -0.4 is 10.9 Å². The van der Waals surface area contributed by atoms with E-state index in [1.54, 1.807) is 19.1 Å². The number of aryl methyl sites for hydroxylation is 2. The minimum Gasteiger partial charge on any atom is -0.450 e. The summed E-state index contributed by atoms with van der Waals surface area (Å²) in [6.45, 7) is 6.18. The third-order valence-corrected chi connectivity index (χ3v) is 6.32. The molecule has 0 fully saturated rings. The molecule has 0 spiro atoms. The predicted molar refractivity (Wildman–Crippen MR) is 135 cm³/mol. The summed E-state index contributed by atoms with van der Waals surface area (Å²) < 4.78 is 6.51. The van der Waals surface area contributed by atoms with Crippen LogP contribution >= 0.6 is 11.6 Å². The average molecular weight is 495 g/mol. The van der Waals surface area contributed by atoms with E-state index in [2.05, 4.69) is 5.32 Å². The van der Waals surface area contributed by atoms with Gasteiger partial charge in [0.15, 0.2) is 0 Å². The van der Waals surface area contributed by atoms with Crippen molar-refractivity contribution in [3.05, 3.63) is 80.2 Å². The molecule has 182 valence electrons. The van der Waals surface area contributed by atoms with Gasteiger partial charge in [-0.25, -0.2) is 9.78 Å². The van der Waals surface area contributed by atoms with Crippen LogP contribution in [-0.2, 0) is 29.0 Å². The lowest BCUT2D eigenvalue weighted by Gasteiger charge is -2.28. The highest BCUT2D eigenvalue weighted by Gasteiger charge is 2.27. The van der Waals surface area contributed by atoms with Crippen molar-refractivity contribution in [1.82, 2.24) is 14.5 Å². The van der Waals surface area contributed by atoms with Crippen molar-refractivity contribution < 1.29 is 14.3 Å². The molecule has 1 aliphatic heterocycles. The first-order chi connectivity index (χ1) is 16.8. The van der Waals surface area contributed by atoms with Crippen molar-refractivity contribution in [2.24, 2.45) is 0 Å². The number of anilines is 1. The number of amides is 2. The number of carbonyl (C=O) groups excluding carboxylic acids is 2. The smallest absolute Gasteiger partial charge is 0.410 e. The molecule has 1 N–H and O–H groups in total. The van der Waals surface area contributed by atoms with E-state index in [0.717, 1.165) is 11.1 Å². The predicted octanol–water partition coefficient (Wildman–Crippen LogP) is 4.33.